The molecule has 0 aliphatic carbocycles. The summed E-state index contributed by atoms with van der Waals surface area (Å²) in [7, 11) is 4.34. The van der Waals surface area contributed by atoms with E-state index in [9.17, 15) is 0 Å². The molecule has 0 bridgehead atoms. The number of hydrogen-bond acceptors (Lipinski definition) is 0. The zero-order valence-corrected chi connectivity index (χ0v) is 19.3. The molecule has 32 heavy (non-hydrogen) atoms. The number of unbranched alkanes of at least 4 members (excludes halogenated alkanes) is 3. The van der Waals surface area contributed by atoms with Crippen LogP contribution >= 0.6 is 0 Å². The molecule has 0 saturated heterocycles. The fraction of sp³-hybridized carbons (Fsp3) is 0.267. The van der Waals surface area contributed by atoms with Gasteiger partial charge in [-0.25, -0.2) is 0 Å². The molecule has 0 aliphatic rings. The number of fused-ring (bicyclic) bond motifs is 7. The van der Waals surface area contributed by atoms with Gasteiger partial charge >= 0.3 is 0 Å². The summed E-state index contributed by atoms with van der Waals surface area (Å²) in [4.78, 5) is 0. The minimum absolute atomic E-state index is 1.17. The van der Waals surface area contributed by atoms with Crippen molar-refractivity contribution in [2.45, 2.75) is 39.0 Å². The number of aromatic nitrogens is 2. The Labute approximate surface area is 189 Å². The molecule has 6 rings (SSSR count). The van der Waals surface area contributed by atoms with Gasteiger partial charge in [-0.1, -0.05) is 50.5 Å². The highest BCUT2D eigenvalue weighted by Gasteiger charge is 2.11. The van der Waals surface area contributed by atoms with Crippen LogP contribution in [-0.4, -0.2) is 9.13 Å². The molecule has 0 unspecified atom stereocenters. The van der Waals surface area contributed by atoms with Crippen LogP contribution in [-0.2, 0) is 20.5 Å². The predicted molar refractivity (Wildman–Crippen MR) is 140 cm³/mol. The number of nitrogens with zero attached hydrogens (tertiary/aromatic N) is 2. The van der Waals surface area contributed by atoms with Gasteiger partial charge in [-0.3, -0.25) is 0 Å². The van der Waals surface area contributed by atoms with Crippen LogP contribution in [0.15, 0.2) is 66.9 Å². The summed E-state index contributed by atoms with van der Waals surface area (Å²) in [5.41, 5.74) is 4.08. The van der Waals surface area contributed by atoms with Crippen LogP contribution in [0.5, 0.6) is 0 Å². The zero-order chi connectivity index (χ0) is 21.8. The van der Waals surface area contributed by atoms with Gasteiger partial charge in [-0.15, -0.1) is 0 Å². The third-order valence-electron chi connectivity index (χ3n) is 7.39. The maximum Gasteiger partial charge on any atom is 0.0486 e. The van der Waals surface area contributed by atoms with Crippen molar-refractivity contribution in [1.82, 2.24) is 9.13 Å². The largest absolute Gasteiger partial charge is 0.351 e. The minimum atomic E-state index is 1.17. The van der Waals surface area contributed by atoms with E-state index in [2.05, 4.69) is 97.0 Å². The molecule has 0 atom stereocenters. The lowest BCUT2D eigenvalue weighted by molar-refractivity contribution is 0.651. The molecule has 0 saturated carbocycles. The summed E-state index contributed by atoms with van der Waals surface area (Å²) in [6, 6.07) is 23.3. The molecule has 0 amide bonds. The lowest BCUT2D eigenvalue weighted by Gasteiger charge is -2.10. The fourth-order valence-electron chi connectivity index (χ4n) is 5.50. The number of benzene rings is 4. The van der Waals surface area contributed by atoms with E-state index in [1.54, 1.807) is 0 Å². The van der Waals surface area contributed by atoms with E-state index in [1.165, 1.54) is 91.9 Å². The van der Waals surface area contributed by atoms with Crippen molar-refractivity contribution >= 4 is 54.1 Å². The maximum absolute atomic E-state index is 2.41. The van der Waals surface area contributed by atoms with E-state index in [-0.39, 0.29) is 0 Å². The Morgan fingerprint density at radius 1 is 0.594 bits per heavy atom. The van der Waals surface area contributed by atoms with Crippen molar-refractivity contribution in [2.75, 3.05) is 0 Å². The fourth-order valence-corrected chi connectivity index (χ4v) is 5.50. The van der Waals surface area contributed by atoms with Crippen LogP contribution in [0.3, 0.4) is 0 Å². The highest BCUT2D eigenvalue weighted by atomic mass is 14.9. The quantitative estimate of drug-likeness (QED) is 0.197. The van der Waals surface area contributed by atoms with Crippen LogP contribution in [0, 0.1) is 0 Å². The zero-order valence-electron chi connectivity index (χ0n) is 19.3. The molecule has 2 heterocycles. The van der Waals surface area contributed by atoms with Gasteiger partial charge in [0.05, 0.1) is 0 Å². The Bertz CT molecular complexity index is 1630. The molecule has 0 radical (unpaired) electrons. The molecule has 160 valence electrons. The van der Waals surface area contributed by atoms with E-state index < -0.39 is 0 Å². The highest BCUT2D eigenvalue weighted by Crippen LogP contribution is 2.36. The van der Waals surface area contributed by atoms with Gasteiger partial charge in [0.15, 0.2) is 0 Å². The maximum atomic E-state index is 2.41. The van der Waals surface area contributed by atoms with Crippen molar-refractivity contribution in [3.05, 3.63) is 72.6 Å². The summed E-state index contributed by atoms with van der Waals surface area (Å²) >= 11 is 0. The van der Waals surface area contributed by atoms with Gasteiger partial charge in [-0.05, 0) is 81.6 Å². The lowest BCUT2D eigenvalue weighted by Crippen LogP contribution is -1.96. The molecule has 4 aromatic carbocycles. The van der Waals surface area contributed by atoms with Gasteiger partial charge in [0.2, 0.25) is 0 Å². The highest BCUT2D eigenvalue weighted by molar-refractivity contribution is 6.20. The second kappa shape index (κ2) is 7.41. The summed E-state index contributed by atoms with van der Waals surface area (Å²) in [5.74, 6) is 0. The Kier molecular flexibility index (Phi) is 4.50. The summed E-state index contributed by atoms with van der Waals surface area (Å²) in [6.45, 7) is 2.28. The van der Waals surface area contributed by atoms with Crippen molar-refractivity contribution in [3.8, 4) is 0 Å². The van der Waals surface area contributed by atoms with Gasteiger partial charge in [0.25, 0.3) is 0 Å². The average molecular weight is 419 g/mol. The summed E-state index contributed by atoms with van der Waals surface area (Å²) in [5, 5.41) is 10.7. The van der Waals surface area contributed by atoms with E-state index in [0.29, 0.717) is 0 Å². The topological polar surface area (TPSA) is 9.86 Å². The Balaban J connectivity index is 1.54. The average Bonchev–Trinajstić information content (AvgIpc) is 3.32. The van der Waals surface area contributed by atoms with E-state index >= 15 is 0 Å². The van der Waals surface area contributed by atoms with Crippen molar-refractivity contribution in [1.29, 1.82) is 0 Å². The van der Waals surface area contributed by atoms with E-state index in [1.807, 2.05) is 0 Å². The number of aryl methyl sites for hydroxylation is 3. The Hall–Kier alpha value is -3.26. The van der Waals surface area contributed by atoms with Gasteiger partial charge in [0.1, 0.15) is 0 Å². The first-order valence-corrected chi connectivity index (χ1v) is 12.0. The Morgan fingerprint density at radius 3 is 2.00 bits per heavy atom. The third kappa shape index (κ3) is 2.93. The first-order chi connectivity index (χ1) is 15.6. The monoisotopic (exact) mass is 418 g/mol. The second-order valence-electron chi connectivity index (χ2n) is 9.42. The summed E-state index contributed by atoms with van der Waals surface area (Å²) < 4.78 is 4.60. The molecule has 0 spiro atoms. The second-order valence-corrected chi connectivity index (χ2v) is 9.42. The predicted octanol–water partition coefficient (Wildman–Crippen LogP) is 8.25. The van der Waals surface area contributed by atoms with Crippen LogP contribution in [0.25, 0.3) is 54.1 Å². The van der Waals surface area contributed by atoms with Crippen LogP contribution in [0.2, 0.25) is 0 Å². The Morgan fingerprint density at radius 2 is 1.28 bits per heavy atom. The number of rotatable bonds is 5. The summed E-state index contributed by atoms with van der Waals surface area (Å²) in [6.07, 6.45) is 8.54. The smallest absolute Gasteiger partial charge is 0.0486 e. The van der Waals surface area contributed by atoms with E-state index in [4.69, 9.17) is 0 Å². The standard InChI is InChI=1S/C30H30N2/c1-4-5-6-7-8-24-15-23-17-28-21(19-30(23)32(24)3)10-12-25-26(28)11-9-20-18-29-22(16-27(20)25)13-14-31(29)2/h9-19H,4-8H2,1-3H3. The van der Waals surface area contributed by atoms with Crippen molar-refractivity contribution in [3.63, 3.8) is 0 Å². The van der Waals surface area contributed by atoms with Crippen LogP contribution < -0.4 is 0 Å². The van der Waals surface area contributed by atoms with Crippen molar-refractivity contribution in [2.24, 2.45) is 14.1 Å². The molecular formula is C30H30N2. The third-order valence-corrected chi connectivity index (χ3v) is 7.39. The van der Waals surface area contributed by atoms with Gasteiger partial charge in [-0.2, -0.15) is 0 Å². The molecule has 2 nitrogen and oxygen atoms in total. The molecule has 2 heteroatoms. The molecule has 0 fully saturated rings. The normalized spacial score (nSPS) is 12.2. The van der Waals surface area contributed by atoms with Crippen LogP contribution in [0.4, 0.5) is 0 Å². The van der Waals surface area contributed by atoms with E-state index in [0.717, 1.165) is 0 Å². The number of hydrogen-bond donors (Lipinski definition) is 0. The first kappa shape index (κ1) is 19.4. The van der Waals surface area contributed by atoms with Gasteiger partial charge in [0, 0.05) is 47.8 Å². The van der Waals surface area contributed by atoms with Gasteiger partial charge < -0.3 is 9.13 Å². The first-order valence-electron chi connectivity index (χ1n) is 12.0. The van der Waals surface area contributed by atoms with Crippen molar-refractivity contribution < 1.29 is 0 Å². The molecule has 0 aliphatic heterocycles. The SMILES string of the molecule is CCCCCCc1cc2cc3c(ccc4c5cc6ccn(C)c6cc5ccc34)cc2n1C. The van der Waals surface area contributed by atoms with Crippen LogP contribution in [0.1, 0.15) is 38.3 Å². The molecule has 2 aromatic heterocycles. The lowest BCUT2D eigenvalue weighted by atomic mass is 9.95. The minimum Gasteiger partial charge on any atom is -0.351 e. The molecular weight excluding hydrogens is 388 g/mol. The molecule has 0 N–H and O–H groups in total. The molecule has 6 aromatic rings.